The number of benzene rings is 1. The highest BCUT2D eigenvalue weighted by molar-refractivity contribution is 5.97. The summed E-state index contributed by atoms with van der Waals surface area (Å²) in [4.78, 5) is 24.9. The molecule has 108 valence electrons. The zero-order valence-corrected chi connectivity index (χ0v) is 11.1. The van der Waals surface area contributed by atoms with Gasteiger partial charge in [-0.25, -0.2) is 4.79 Å². The van der Waals surface area contributed by atoms with Gasteiger partial charge in [-0.3, -0.25) is 4.79 Å². The third kappa shape index (κ3) is 2.49. The van der Waals surface area contributed by atoms with Crippen LogP contribution in [-0.2, 0) is 4.79 Å². The Balaban J connectivity index is 1.80. The standard InChI is InChI=1S/C14H13N3O4/c18-13(17-7-1-2-11(17)14(19)20)10-5-3-9(4-6-10)12-16-15-8-21-12/h3-6,8,11H,1-2,7H2,(H,19,20)/t11-/m1/s1. The molecule has 1 amide bonds. The Kier molecular flexibility index (Phi) is 3.39. The van der Waals surface area contributed by atoms with E-state index in [1.807, 2.05) is 0 Å². The van der Waals surface area contributed by atoms with Crippen LogP contribution < -0.4 is 0 Å². The Morgan fingerprint density at radius 3 is 2.67 bits per heavy atom. The van der Waals surface area contributed by atoms with Crippen molar-refractivity contribution >= 4 is 11.9 Å². The Hall–Kier alpha value is -2.70. The van der Waals surface area contributed by atoms with E-state index in [9.17, 15) is 9.59 Å². The van der Waals surface area contributed by atoms with Crippen LogP contribution in [0.15, 0.2) is 35.1 Å². The molecule has 0 saturated carbocycles. The van der Waals surface area contributed by atoms with Gasteiger partial charge in [-0.05, 0) is 37.1 Å². The van der Waals surface area contributed by atoms with Crippen LogP contribution in [0.25, 0.3) is 11.5 Å². The maximum absolute atomic E-state index is 12.4. The van der Waals surface area contributed by atoms with Gasteiger partial charge in [0, 0.05) is 17.7 Å². The van der Waals surface area contributed by atoms with Crippen LogP contribution in [0.4, 0.5) is 0 Å². The minimum atomic E-state index is -0.955. The largest absolute Gasteiger partial charge is 0.480 e. The van der Waals surface area contributed by atoms with Crippen LogP contribution in [0.1, 0.15) is 23.2 Å². The summed E-state index contributed by atoms with van der Waals surface area (Å²) >= 11 is 0. The van der Waals surface area contributed by atoms with E-state index in [0.717, 1.165) is 0 Å². The normalized spacial score (nSPS) is 17.9. The summed E-state index contributed by atoms with van der Waals surface area (Å²) in [7, 11) is 0. The first kappa shape index (κ1) is 13.3. The van der Waals surface area contributed by atoms with E-state index in [4.69, 9.17) is 9.52 Å². The van der Waals surface area contributed by atoms with Crippen molar-refractivity contribution in [3.8, 4) is 11.5 Å². The fourth-order valence-electron chi connectivity index (χ4n) is 2.49. The van der Waals surface area contributed by atoms with Gasteiger partial charge in [0.15, 0.2) is 0 Å². The molecule has 2 heterocycles. The lowest BCUT2D eigenvalue weighted by atomic mass is 10.1. The van der Waals surface area contributed by atoms with Crippen molar-refractivity contribution in [3.63, 3.8) is 0 Å². The monoisotopic (exact) mass is 287 g/mol. The van der Waals surface area contributed by atoms with E-state index in [0.29, 0.717) is 36.4 Å². The summed E-state index contributed by atoms with van der Waals surface area (Å²) in [5, 5.41) is 16.5. The lowest BCUT2D eigenvalue weighted by molar-refractivity contribution is -0.141. The van der Waals surface area contributed by atoms with Crippen molar-refractivity contribution in [1.29, 1.82) is 0 Å². The van der Waals surface area contributed by atoms with E-state index in [-0.39, 0.29) is 5.91 Å². The molecule has 1 aliphatic heterocycles. The van der Waals surface area contributed by atoms with Gasteiger partial charge in [-0.2, -0.15) is 0 Å². The predicted molar refractivity (Wildman–Crippen MR) is 71.4 cm³/mol. The number of hydrogen-bond donors (Lipinski definition) is 1. The second kappa shape index (κ2) is 5.35. The van der Waals surface area contributed by atoms with Gasteiger partial charge in [0.1, 0.15) is 6.04 Å². The highest BCUT2D eigenvalue weighted by Gasteiger charge is 2.34. The zero-order chi connectivity index (χ0) is 14.8. The number of carbonyl (C=O) groups excluding carboxylic acids is 1. The Bertz CT molecular complexity index is 651. The van der Waals surface area contributed by atoms with Gasteiger partial charge in [0.25, 0.3) is 5.91 Å². The predicted octanol–water partition coefficient (Wildman–Crippen LogP) is 1.43. The molecule has 0 unspecified atom stereocenters. The molecule has 0 bridgehead atoms. The molecule has 1 saturated heterocycles. The second-order valence-corrected chi connectivity index (χ2v) is 4.82. The zero-order valence-electron chi connectivity index (χ0n) is 11.1. The molecule has 2 aromatic rings. The first-order valence-corrected chi connectivity index (χ1v) is 6.57. The average Bonchev–Trinajstić information content (AvgIpc) is 3.18. The van der Waals surface area contributed by atoms with Crippen molar-refractivity contribution in [3.05, 3.63) is 36.2 Å². The number of likely N-dealkylation sites (tertiary alicyclic amines) is 1. The molecule has 7 heteroatoms. The molecule has 0 radical (unpaired) electrons. The van der Waals surface area contributed by atoms with Crippen LogP contribution in [0.2, 0.25) is 0 Å². The number of amides is 1. The minimum absolute atomic E-state index is 0.267. The third-order valence-electron chi connectivity index (χ3n) is 3.54. The molecule has 1 aromatic heterocycles. The van der Waals surface area contributed by atoms with Crippen molar-refractivity contribution in [2.45, 2.75) is 18.9 Å². The molecule has 3 rings (SSSR count). The molecule has 7 nitrogen and oxygen atoms in total. The lowest BCUT2D eigenvalue weighted by Gasteiger charge is -2.21. The highest BCUT2D eigenvalue weighted by atomic mass is 16.4. The molecule has 1 N–H and O–H groups in total. The van der Waals surface area contributed by atoms with Gasteiger partial charge in [0.05, 0.1) is 0 Å². The van der Waals surface area contributed by atoms with Gasteiger partial charge in [-0.1, -0.05) is 0 Å². The minimum Gasteiger partial charge on any atom is -0.480 e. The van der Waals surface area contributed by atoms with E-state index in [1.54, 1.807) is 24.3 Å². The van der Waals surface area contributed by atoms with Crippen LogP contribution in [0, 0.1) is 0 Å². The van der Waals surface area contributed by atoms with Crippen molar-refractivity contribution in [2.24, 2.45) is 0 Å². The summed E-state index contributed by atoms with van der Waals surface area (Å²) in [6, 6.07) is 5.95. The van der Waals surface area contributed by atoms with Gasteiger partial charge >= 0.3 is 5.97 Å². The lowest BCUT2D eigenvalue weighted by Crippen LogP contribution is -2.40. The van der Waals surface area contributed by atoms with Crippen LogP contribution in [-0.4, -0.2) is 44.7 Å². The first-order valence-electron chi connectivity index (χ1n) is 6.57. The fourth-order valence-corrected chi connectivity index (χ4v) is 2.49. The number of carboxylic acids is 1. The van der Waals surface area contributed by atoms with E-state index in [2.05, 4.69) is 10.2 Å². The SMILES string of the molecule is O=C(O)[C@H]1CCCN1C(=O)c1ccc(-c2nnco2)cc1. The first-order chi connectivity index (χ1) is 10.2. The molecular formula is C14H13N3O4. The summed E-state index contributed by atoms with van der Waals surface area (Å²) < 4.78 is 5.07. The van der Waals surface area contributed by atoms with Gasteiger partial charge < -0.3 is 14.4 Å². The van der Waals surface area contributed by atoms with Gasteiger partial charge in [-0.15, -0.1) is 10.2 Å². The molecule has 1 atom stereocenters. The summed E-state index contributed by atoms with van der Waals surface area (Å²) in [5.74, 6) is -0.848. The maximum Gasteiger partial charge on any atom is 0.326 e. The maximum atomic E-state index is 12.4. The number of aromatic nitrogens is 2. The van der Waals surface area contributed by atoms with E-state index < -0.39 is 12.0 Å². The van der Waals surface area contributed by atoms with Gasteiger partial charge in [0.2, 0.25) is 12.3 Å². The molecule has 1 fully saturated rings. The fraction of sp³-hybridized carbons (Fsp3) is 0.286. The number of nitrogens with zero attached hydrogens (tertiary/aromatic N) is 3. The average molecular weight is 287 g/mol. The van der Waals surface area contributed by atoms with Crippen molar-refractivity contribution in [2.75, 3.05) is 6.54 Å². The summed E-state index contributed by atoms with van der Waals surface area (Å²) in [6.07, 6.45) is 2.44. The quantitative estimate of drug-likeness (QED) is 0.917. The molecular weight excluding hydrogens is 274 g/mol. The van der Waals surface area contributed by atoms with Crippen LogP contribution in [0.3, 0.4) is 0 Å². The number of carbonyl (C=O) groups is 2. The summed E-state index contributed by atoms with van der Waals surface area (Å²) in [6.45, 7) is 0.473. The Morgan fingerprint density at radius 1 is 1.29 bits per heavy atom. The highest BCUT2D eigenvalue weighted by Crippen LogP contribution is 2.22. The van der Waals surface area contributed by atoms with Crippen molar-refractivity contribution in [1.82, 2.24) is 15.1 Å². The van der Waals surface area contributed by atoms with Crippen LogP contribution in [0.5, 0.6) is 0 Å². The molecule has 21 heavy (non-hydrogen) atoms. The number of carboxylic acid groups (broad SMARTS) is 1. The molecule has 0 spiro atoms. The smallest absolute Gasteiger partial charge is 0.326 e. The van der Waals surface area contributed by atoms with Crippen LogP contribution >= 0.6 is 0 Å². The number of aliphatic carboxylic acids is 1. The Morgan fingerprint density at radius 2 is 2.05 bits per heavy atom. The van der Waals surface area contributed by atoms with E-state index >= 15 is 0 Å². The number of hydrogen-bond acceptors (Lipinski definition) is 5. The molecule has 1 aromatic carbocycles. The second-order valence-electron chi connectivity index (χ2n) is 4.82. The van der Waals surface area contributed by atoms with Crippen molar-refractivity contribution < 1.29 is 19.1 Å². The summed E-state index contributed by atoms with van der Waals surface area (Å²) in [5.41, 5.74) is 1.16. The Labute approximate surface area is 120 Å². The third-order valence-corrected chi connectivity index (χ3v) is 3.54. The van der Waals surface area contributed by atoms with E-state index in [1.165, 1.54) is 11.3 Å². The molecule has 0 aliphatic carbocycles. The number of rotatable bonds is 3. The molecule has 1 aliphatic rings. The topological polar surface area (TPSA) is 96.5 Å².